The number of piperidine rings is 1. The summed E-state index contributed by atoms with van der Waals surface area (Å²) in [6, 6.07) is 6.01. The third kappa shape index (κ3) is 2.30. The topological polar surface area (TPSA) is 50.9 Å². The maximum Gasteiger partial charge on any atom is 0.0421 e. The number of nitrogens with two attached hydrogens (primary N) is 1. The number of pyridine rings is 1. The highest BCUT2D eigenvalue weighted by molar-refractivity contribution is 5.09. The van der Waals surface area contributed by atoms with Crippen molar-refractivity contribution >= 4 is 0 Å². The Hall–Kier alpha value is -0.930. The Morgan fingerprint density at radius 3 is 2.79 bits per heavy atom. The monoisotopic (exact) mass is 191 g/mol. The van der Waals surface area contributed by atoms with Gasteiger partial charge in [-0.15, -0.1) is 0 Å². The maximum atomic E-state index is 6.31. The predicted octanol–water partition coefficient (Wildman–Crippen LogP) is 0.705. The Morgan fingerprint density at radius 2 is 2.14 bits per heavy atom. The third-order valence-corrected chi connectivity index (χ3v) is 2.86. The molecule has 1 aliphatic heterocycles. The van der Waals surface area contributed by atoms with Crippen molar-refractivity contribution in [1.82, 2.24) is 10.3 Å². The molecule has 0 saturated carbocycles. The summed E-state index contributed by atoms with van der Waals surface area (Å²) in [4.78, 5) is 4.32. The Kier molecular flexibility index (Phi) is 2.79. The fourth-order valence-electron chi connectivity index (χ4n) is 1.96. The number of hydrogen-bond acceptors (Lipinski definition) is 3. The minimum Gasteiger partial charge on any atom is -0.325 e. The summed E-state index contributed by atoms with van der Waals surface area (Å²) < 4.78 is 0. The standard InChI is InChI=1S/C11H17N3/c12-11(4-7-13-8-5-11)9-10-3-1-2-6-14-10/h1-3,6,13H,4-5,7-9,12H2. The summed E-state index contributed by atoms with van der Waals surface area (Å²) in [6.45, 7) is 2.06. The van der Waals surface area contributed by atoms with Gasteiger partial charge in [-0.25, -0.2) is 0 Å². The lowest BCUT2D eigenvalue weighted by atomic mass is 9.85. The van der Waals surface area contributed by atoms with Crippen molar-refractivity contribution in [3.63, 3.8) is 0 Å². The second kappa shape index (κ2) is 4.07. The lowest BCUT2D eigenvalue weighted by Gasteiger charge is -2.33. The van der Waals surface area contributed by atoms with Gasteiger partial charge in [-0.1, -0.05) is 6.07 Å². The molecule has 0 spiro atoms. The van der Waals surface area contributed by atoms with E-state index < -0.39 is 0 Å². The molecule has 3 N–H and O–H groups in total. The van der Waals surface area contributed by atoms with Crippen molar-refractivity contribution < 1.29 is 0 Å². The highest BCUT2D eigenvalue weighted by Crippen LogP contribution is 2.19. The van der Waals surface area contributed by atoms with E-state index in [0.717, 1.165) is 38.0 Å². The Morgan fingerprint density at radius 1 is 1.36 bits per heavy atom. The quantitative estimate of drug-likeness (QED) is 0.723. The molecular weight excluding hydrogens is 174 g/mol. The molecule has 1 fully saturated rings. The van der Waals surface area contributed by atoms with Crippen LogP contribution in [0.15, 0.2) is 24.4 Å². The van der Waals surface area contributed by atoms with Gasteiger partial charge in [0, 0.05) is 23.9 Å². The lowest BCUT2D eigenvalue weighted by molar-refractivity contribution is 0.306. The molecule has 0 atom stereocenters. The van der Waals surface area contributed by atoms with Crippen LogP contribution >= 0.6 is 0 Å². The van der Waals surface area contributed by atoms with Gasteiger partial charge in [-0.05, 0) is 38.1 Å². The Balaban J connectivity index is 2.02. The van der Waals surface area contributed by atoms with E-state index >= 15 is 0 Å². The minimum absolute atomic E-state index is 0.0421. The number of nitrogens with one attached hydrogen (secondary N) is 1. The molecular formula is C11H17N3. The number of aromatic nitrogens is 1. The fraction of sp³-hybridized carbons (Fsp3) is 0.545. The average Bonchev–Trinajstić information content (AvgIpc) is 2.19. The predicted molar refractivity (Wildman–Crippen MR) is 57.0 cm³/mol. The van der Waals surface area contributed by atoms with Crippen molar-refractivity contribution in [1.29, 1.82) is 0 Å². The van der Waals surface area contributed by atoms with Gasteiger partial charge in [0.15, 0.2) is 0 Å². The molecule has 2 heterocycles. The maximum absolute atomic E-state index is 6.31. The molecule has 0 aliphatic carbocycles. The van der Waals surface area contributed by atoms with E-state index in [1.807, 2.05) is 18.3 Å². The van der Waals surface area contributed by atoms with Crippen LogP contribution in [0.25, 0.3) is 0 Å². The molecule has 1 saturated heterocycles. The largest absolute Gasteiger partial charge is 0.325 e. The van der Waals surface area contributed by atoms with Gasteiger partial charge in [0.25, 0.3) is 0 Å². The molecule has 3 nitrogen and oxygen atoms in total. The van der Waals surface area contributed by atoms with Crippen LogP contribution in [0, 0.1) is 0 Å². The zero-order valence-electron chi connectivity index (χ0n) is 8.37. The van der Waals surface area contributed by atoms with Gasteiger partial charge in [0.05, 0.1) is 0 Å². The summed E-state index contributed by atoms with van der Waals surface area (Å²) in [7, 11) is 0. The molecule has 0 unspecified atom stereocenters. The van der Waals surface area contributed by atoms with Gasteiger partial charge in [0.2, 0.25) is 0 Å². The second-order valence-corrected chi connectivity index (χ2v) is 4.11. The molecule has 14 heavy (non-hydrogen) atoms. The first-order chi connectivity index (χ1) is 6.79. The summed E-state index contributed by atoms with van der Waals surface area (Å²) in [5.41, 5.74) is 7.38. The van der Waals surface area contributed by atoms with E-state index in [2.05, 4.69) is 16.4 Å². The molecule has 2 rings (SSSR count). The summed E-state index contributed by atoms with van der Waals surface area (Å²) >= 11 is 0. The third-order valence-electron chi connectivity index (χ3n) is 2.86. The van der Waals surface area contributed by atoms with E-state index in [4.69, 9.17) is 5.73 Å². The first kappa shape index (κ1) is 9.62. The van der Waals surface area contributed by atoms with Crippen molar-refractivity contribution in [3.8, 4) is 0 Å². The lowest BCUT2D eigenvalue weighted by Crippen LogP contribution is -2.50. The van der Waals surface area contributed by atoms with Crippen LogP contribution < -0.4 is 11.1 Å². The van der Waals surface area contributed by atoms with E-state index in [0.29, 0.717) is 0 Å². The summed E-state index contributed by atoms with van der Waals surface area (Å²) in [5, 5.41) is 3.33. The second-order valence-electron chi connectivity index (χ2n) is 4.11. The van der Waals surface area contributed by atoms with E-state index in [1.165, 1.54) is 0 Å². The van der Waals surface area contributed by atoms with E-state index in [-0.39, 0.29) is 5.54 Å². The molecule has 1 aromatic rings. The first-order valence-electron chi connectivity index (χ1n) is 5.18. The molecule has 0 amide bonds. The van der Waals surface area contributed by atoms with Crippen molar-refractivity contribution in [3.05, 3.63) is 30.1 Å². The van der Waals surface area contributed by atoms with Gasteiger partial charge in [-0.2, -0.15) is 0 Å². The molecule has 0 radical (unpaired) electrons. The van der Waals surface area contributed by atoms with Crippen LogP contribution in [0.1, 0.15) is 18.5 Å². The Bertz CT molecular complexity index is 278. The van der Waals surface area contributed by atoms with Crippen LogP contribution in [0.2, 0.25) is 0 Å². The van der Waals surface area contributed by atoms with E-state index in [1.54, 1.807) is 0 Å². The van der Waals surface area contributed by atoms with Crippen LogP contribution in [0.5, 0.6) is 0 Å². The van der Waals surface area contributed by atoms with Crippen molar-refractivity contribution in [2.45, 2.75) is 24.8 Å². The molecule has 1 aliphatic rings. The minimum atomic E-state index is -0.0421. The van der Waals surface area contributed by atoms with Gasteiger partial charge in [0.1, 0.15) is 0 Å². The highest BCUT2D eigenvalue weighted by atomic mass is 14.9. The summed E-state index contributed by atoms with van der Waals surface area (Å²) in [6.07, 6.45) is 4.82. The normalized spacial score (nSPS) is 20.6. The molecule has 0 bridgehead atoms. The number of nitrogens with zero attached hydrogens (tertiary/aromatic N) is 1. The zero-order valence-corrected chi connectivity index (χ0v) is 8.37. The van der Waals surface area contributed by atoms with Gasteiger partial charge in [-0.3, -0.25) is 4.98 Å². The molecule has 1 aromatic heterocycles. The van der Waals surface area contributed by atoms with Crippen LogP contribution in [-0.4, -0.2) is 23.6 Å². The van der Waals surface area contributed by atoms with Crippen molar-refractivity contribution in [2.75, 3.05) is 13.1 Å². The van der Waals surface area contributed by atoms with Gasteiger partial charge >= 0.3 is 0 Å². The molecule has 76 valence electrons. The fourth-order valence-corrected chi connectivity index (χ4v) is 1.96. The van der Waals surface area contributed by atoms with Crippen LogP contribution in [-0.2, 0) is 6.42 Å². The van der Waals surface area contributed by atoms with Crippen molar-refractivity contribution in [2.24, 2.45) is 5.73 Å². The average molecular weight is 191 g/mol. The molecule has 3 heteroatoms. The number of hydrogen-bond donors (Lipinski definition) is 2. The first-order valence-corrected chi connectivity index (χ1v) is 5.18. The van der Waals surface area contributed by atoms with Gasteiger partial charge < -0.3 is 11.1 Å². The zero-order chi connectivity index (χ0) is 9.86. The molecule has 0 aromatic carbocycles. The van der Waals surface area contributed by atoms with Crippen LogP contribution in [0.3, 0.4) is 0 Å². The SMILES string of the molecule is NC1(Cc2ccccn2)CCNCC1. The highest BCUT2D eigenvalue weighted by Gasteiger charge is 2.27. The Labute approximate surface area is 84.7 Å². The summed E-state index contributed by atoms with van der Waals surface area (Å²) in [5.74, 6) is 0. The number of rotatable bonds is 2. The van der Waals surface area contributed by atoms with E-state index in [9.17, 15) is 0 Å². The smallest absolute Gasteiger partial charge is 0.0421 e. The van der Waals surface area contributed by atoms with Crippen LogP contribution in [0.4, 0.5) is 0 Å².